The quantitative estimate of drug-likeness (QED) is 0.0486. The number of aliphatic imine (C=N–C) groups is 2. The number of carbonyl (C=O) groups excluding carboxylic acids is 5. The molecule has 0 aliphatic carbocycles. The minimum atomic E-state index is -1.24. The Bertz CT molecular complexity index is 1860. The van der Waals surface area contributed by atoms with Gasteiger partial charge >= 0.3 is 6.09 Å². The molecule has 0 heterocycles. The standard InChI is InChI=1S/C35H46N10O7.C2H4O2/c1-21(42-35(50)52-20-22-10-4-3-5-11-22)29(46)43-26(14-8-16-40-33(36)37)31(48)44-27(15-9-17-41-34(38)39)32(49)45-30(47)24-18-23-12-6-7-13-25(23)28(19-24)51-2;1-2(3)4/h3-7,10-13,18-19,21,26-27H,8-9,14-17,20H2,1-2H3,(H,42,50)(H,43,46)(H,44,48)(H4,36,37,40)(H4,38,39,41)(H,45,47,49);1H3,(H,3,4). The lowest BCUT2D eigenvalue weighted by Gasteiger charge is -2.24. The van der Waals surface area contributed by atoms with Crippen LogP contribution in [-0.4, -0.2) is 91.0 Å². The van der Waals surface area contributed by atoms with E-state index in [1.165, 1.54) is 20.1 Å². The van der Waals surface area contributed by atoms with Crippen molar-refractivity contribution < 1.29 is 43.3 Å². The second kappa shape index (κ2) is 23.7. The number of rotatable bonds is 18. The Balaban J connectivity index is 0.00000258. The molecule has 3 aromatic carbocycles. The minimum absolute atomic E-state index is 0.0135. The summed E-state index contributed by atoms with van der Waals surface area (Å²) < 4.78 is 10.6. The van der Waals surface area contributed by atoms with Crippen molar-refractivity contribution in [2.45, 2.75) is 64.3 Å². The monoisotopic (exact) mass is 778 g/mol. The van der Waals surface area contributed by atoms with E-state index in [2.05, 4.69) is 31.3 Å². The van der Waals surface area contributed by atoms with Gasteiger partial charge in [0.05, 0.1) is 7.11 Å². The summed E-state index contributed by atoms with van der Waals surface area (Å²) >= 11 is 0. The number of carbonyl (C=O) groups is 6. The van der Waals surface area contributed by atoms with Crippen LogP contribution in [-0.2, 0) is 30.5 Å². The zero-order chi connectivity index (χ0) is 41.6. The van der Waals surface area contributed by atoms with E-state index < -0.39 is 53.8 Å². The van der Waals surface area contributed by atoms with Crippen molar-refractivity contribution in [3.05, 3.63) is 77.9 Å². The molecule has 0 bridgehead atoms. The van der Waals surface area contributed by atoms with Gasteiger partial charge in [0, 0.05) is 31.0 Å². The van der Waals surface area contributed by atoms with E-state index in [0.717, 1.165) is 17.9 Å². The Hall–Kier alpha value is -6.92. The smallest absolute Gasteiger partial charge is 0.408 e. The normalized spacial score (nSPS) is 11.8. The fraction of sp³-hybridized carbons (Fsp3) is 0.351. The van der Waals surface area contributed by atoms with Crippen LogP contribution < -0.4 is 48.9 Å². The summed E-state index contributed by atoms with van der Waals surface area (Å²) in [6.07, 6.45) is -0.241. The summed E-state index contributed by atoms with van der Waals surface area (Å²) in [6, 6.07) is 15.8. The second-order valence-corrected chi connectivity index (χ2v) is 12.2. The Morgan fingerprint density at radius 3 is 1.86 bits per heavy atom. The van der Waals surface area contributed by atoms with Crippen LogP contribution in [0, 0.1) is 0 Å². The van der Waals surface area contributed by atoms with Gasteiger partial charge in [-0.3, -0.25) is 39.3 Å². The Morgan fingerprint density at radius 1 is 0.750 bits per heavy atom. The molecule has 19 nitrogen and oxygen atoms in total. The van der Waals surface area contributed by atoms with Crippen molar-refractivity contribution in [3.63, 3.8) is 0 Å². The van der Waals surface area contributed by atoms with Gasteiger partial charge < -0.3 is 53.5 Å². The Kier molecular flexibility index (Phi) is 19.1. The Morgan fingerprint density at radius 2 is 1.29 bits per heavy atom. The van der Waals surface area contributed by atoms with E-state index in [4.69, 9.17) is 42.3 Å². The van der Waals surface area contributed by atoms with Crippen LogP contribution in [0.25, 0.3) is 10.8 Å². The number of fused-ring (bicyclic) bond motifs is 1. The first-order chi connectivity index (χ1) is 26.6. The van der Waals surface area contributed by atoms with Crippen molar-refractivity contribution in [3.8, 4) is 5.75 Å². The molecular weight excluding hydrogens is 728 g/mol. The first-order valence-electron chi connectivity index (χ1n) is 17.4. The predicted octanol–water partition coefficient (Wildman–Crippen LogP) is 0.587. The van der Waals surface area contributed by atoms with Gasteiger partial charge in [-0.05, 0) is 55.7 Å². The molecule has 0 saturated carbocycles. The minimum Gasteiger partial charge on any atom is -0.496 e. The fourth-order valence-corrected chi connectivity index (χ4v) is 4.97. The van der Waals surface area contributed by atoms with Gasteiger partial charge in [-0.1, -0.05) is 54.6 Å². The van der Waals surface area contributed by atoms with Crippen LogP contribution in [0.5, 0.6) is 5.75 Å². The number of nitrogens with one attached hydrogen (secondary N) is 4. The molecule has 0 saturated heterocycles. The number of alkyl carbamates (subject to hydrolysis) is 1. The highest BCUT2D eigenvalue weighted by atomic mass is 16.5. The molecule has 3 unspecified atom stereocenters. The molecule has 13 N–H and O–H groups in total. The SMILES string of the molecule is CC(=O)O.COc1cc(C(=O)NC(=O)C(CCCN=C(N)N)NC(=O)C(CCCN=C(N)N)NC(=O)C(C)NC(=O)OCc2ccccc2)cc2ccccc12. The van der Waals surface area contributed by atoms with E-state index in [9.17, 15) is 24.0 Å². The number of methoxy groups -OCH3 is 1. The highest BCUT2D eigenvalue weighted by molar-refractivity contribution is 6.09. The lowest BCUT2D eigenvalue weighted by molar-refractivity contribution is -0.134. The van der Waals surface area contributed by atoms with E-state index >= 15 is 0 Å². The number of imide groups is 1. The van der Waals surface area contributed by atoms with Gasteiger partial charge in [-0.25, -0.2) is 4.79 Å². The zero-order valence-electron chi connectivity index (χ0n) is 31.4. The van der Waals surface area contributed by atoms with Crippen LogP contribution >= 0.6 is 0 Å². The molecule has 3 aromatic rings. The van der Waals surface area contributed by atoms with Crippen LogP contribution in [0.4, 0.5) is 4.79 Å². The van der Waals surface area contributed by atoms with Crippen LogP contribution in [0.1, 0.15) is 55.5 Å². The van der Waals surface area contributed by atoms with Crippen LogP contribution in [0.3, 0.4) is 0 Å². The van der Waals surface area contributed by atoms with E-state index in [-0.39, 0.29) is 62.9 Å². The maximum Gasteiger partial charge on any atom is 0.408 e. The molecule has 0 fully saturated rings. The number of nitrogens with zero attached hydrogens (tertiary/aromatic N) is 2. The lowest BCUT2D eigenvalue weighted by atomic mass is 10.0. The molecule has 302 valence electrons. The topological polar surface area (TPSA) is 318 Å². The summed E-state index contributed by atoms with van der Waals surface area (Å²) in [5.41, 5.74) is 22.6. The molecule has 3 atom stereocenters. The summed E-state index contributed by atoms with van der Waals surface area (Å²) in [5, 5.41) is 18.9. The van der Waals surface area contributed by atoms with Gasteiger partial charge in [0.15, 0.2) is 11.9 Å². The average molecular weight is 779 g/mol. The molecule has 3 rings (SSSR count). The molecule has 0 radical (unpaired) electrons. The molecule has 19 heteroatoms. The highest BCUT2D eigenvalue weighted by Gasteiger charge is 2.29. The number of amides is 5. The first-order valence-corrected chi connectivity index (χ1v) is 17.4. The molecule has 5 amide bonds. The number of guanidine groups is 2. The number of carboxylic acid groups (broad SMARTS) is 1. The van der Waals surface area contributed by atoms with Gasteiger partial charge in [-0.15, -0.1) is 0 Å². The van der Waals surface area contributed by atoms with Gasteiger partial charge in [0.1, 0.15) is 30.5 Å². The number of hydrogen-bond acceptors (Lipinski definition) is 10. The summed E-state index contributed by atoms with van der Waals surface area (Å²) in [6.45, 7) is 2.77. The number of hydrogen-bond donors (Lipinski definition) is 9. The second-order valence-electron chi connectivity index (χ2n) is 12.2. The fourth-order valence-electron chi connectivity index (χ4n) is 4.97. The number of nitrogens with two attached hydrogens (primary N) is 4. The molecule has 56 heavy (non-hydrogen) atoms. The third-order valence-electron chi connectivity index (χ3n) is 7.64. The molecule has 0 spiro atoms. The average Bonchev–Trinajstić information content (AvgIpc) is 3.15. The van der Waals surface area contributed by atoms with Gasteiger partial charge in [0.2, 0.25) is 17.7 Å². The lowest BCUT2D eigenvalue weighted by Crippen LogP contribution is -2.56. The molecule has 0 aliphatic rings. The van der Waals surface area contributed by atoms with E-state index in [1.807, 2.05) is 18.2 Å². The first kappa shape index (κ1) is 45.2. The number of ether oxygens (including phenoxy) is 2. The van der Waals surface area contributed by atoms with Crippen molar-refractivity contribution in [1.29, 1.82) is 0 Å². The van der Waals surface area contributed by atoms with Crippen LogP contribution in [0.15, 0.2) is 76.7 Å². The maximum atomic E-state index is 13.7. The molecule has 0 aromatic heterocycles. The predicted molar refractivity (Wildman–Crippen MR) is 209 cm³/mol. The van der Waals surface area contributed by atoms with E-state index in [1.54, 1.807) is 42.5 Å². The summed E-state index contributed by atoms with van der Waals surface area (Å²) in [5.74, 6) is -3.67. The highest BCUT2D eigenvalue weighted by Crippen LogP contribution is 2.27. The number of aliphatic carboxylic acids is 1. The molecule has 0 aliphatic heterocycles. The van der Waals surface area contributed by atoms with Crippen LogP contribution in [0.2, 0.25) is 0 Å². The van der Waals surface area contributed by atoms with Crippen molar-refractivity contribution in [2.24, 2.45) is 32.9 Å². The van der Waals surface area contributed by atoms with E-state index in [0.29, 0.717) is 11.1 Å². The third-order valence-corrected chi connectivity index (χ3v) is 7.64. The van der Waals surface area contributed by atoms with Gasteiger partial charge in [-0.2, -0.15) is 0 Å². The third kappa shape index (κ3) is 16.8. The summed E-state index contributed by atoms with van der Waals surface area (Å²) in [4.78, 5) is 82.8. The van der Waals surface area contributed by atoms with Crippen molar-refractivity contribution in [1.82, 2.24) is 21.3 Å². The zero-order valence-corrected chi connectivity index (χ0v) is 31.4. The van der Waals surface area contributed by atoms with Crippen molar-refractivity contribution >= 4 is 58.4 Å². The van der Waals surface area contributed by atoms with Gasteiger partial charge in [0.25, 0.3) is 11.9 Å². The van der Waals surface area contributed by atoms with Crippen molar-refractivity contribution in [2.75, 3.05) is 20.2 Å². The Labute approximate surface area is 323 Å². The largest absolute Gasteiger partial charge is 0.496 e. The summed E-state index contributed by atoms with van der Waals surface area (Å²) in [7, 11) is 1.47. The number of benzene rings is 3. The molecular formula is C37H50N10O9. The maximum absolute atomic E-state index is 13.7. The number of carboxylic acids is 1.